The van der Waals surface area contributed by atoms with Crippen LogP contribution in [0.3, 0.4) is 0 Å². The van der Waals surface area contributed by atoms with E-state index in [1.54, 1.807) is 12.1 Å². The Morgan fingerprint density at radius 2 is 1.85 bits per heavy atom. The molecular formula is C20H23ClN2O3S. The predicted molar refractivity (Wildman–Crippen MR) is 107 cm³/mol. The highest BCUT2D eigenvalue weighted by Gasteiger charge is 2.33. The number of nitrogens with zero attached hydrogens (tertiary/aromatic N) is 1. The quantitative estimate of drug-likeness (QED) is 0.834. The largest absolute Gasteiger partial charge is 0.326 e. The number of halogens is 1. The molecule has 0 aromatic heterocycles. The molecule has 1 N–H and O–H groups in total. The molecule has 1 atom stereocenters. The molecule has 5 nitrogen and oxygen atoms in total. The van der Waals surface area contributed by atoms with E-state index in [2.05, 4.69) is 5.32 Å². The Morgan fingerprint density at radius 3 is 2.56 bits per heavy atom. The molecule has 0 saturated carbocycles. The number of sulfonamides is 1. The number of hydrogen-bond donors (Lipinski definition) is 1. The second-order valence-corrected chi connectivity index (χ2v) is 9.34. The van der Waals surface area contributed by atoms with Gasteiger partial charge in [0.2, 0.25) is 15.9 Å². The number of carbonyl (C=O) groups excluding carboxylic acids is 1. The first kappa shape index (κ1) is 19.9. The number of anilines is 1. The molecule has 7 heteroatoms. The molecule has 27 heavy (non-hydrogen) atoms. The van der Waals surface area contributed by atoms with E-state index in [1.807, 2.05) is 32.0 Å². The lowest BCUT2D eigenvalue weighted by atomic mass is 9.98. The lowest BCUT2D eigenvalue weighted by Gasteiger charge is -2.31. The Morgan fingerprint density at radius 1 is 1.15 bits per heavy atom. The number of amides is 1. The summed E-state index contributed by atoms with van der Waals surface area (Å²) in [4.78, 5) is 12.9. The van der Waals surface area contributed by atoms with Crippen LogP contribution in [0, 0.1) is 19.8 Å². The Balaban J connectivity index is 1.74. The van der Waals surface area contributed by atoms with Crippen molar-refractivity contribution in [3.05, 3.63) is 58.6 Å². The van der Waals surface area contributed by atoms with Crippen LogP contribution in [-0.4, -0.2) is 31.7 Å². The van der Waals surface area contributed by atoms with Gasteiger partial charge in [0.25, 0.3) is 0 Å². The highest BCUT2D eigenvalue weighted by molar-refractivity contribution is 7.89. The van der Waals surface area contributed by atoms with Crippen molar-refractivity contribution in [1.29, 1.82) is 0 Å². The fourth-order valence-corrected chi connectivity index (χ4v) is 4.89. The predicted octanol–water partition coefficient (Wildman–Crippen LogP) is 4.00. The molecule has 0 unspecified atom stereocenters. The molecule has 1 saturated heterocycles. The van der Waals surface area contributed by atoms with Crippen LogP contribution >= 0.6 is 11.6 Å². The zero-order valence-corrected chi connectivity index (χ0v) is 17.0. The number of aryl methyl sites for hydroxylation is 2. The molecule has 0 spiro atoms. The average molecular weight is 407 g/mol. The molecule has 1 aliphatic rings. The SMILES string of the molecule is Cc1ccc(C)c(NC(=O)[C@@H]2CCCN(S(=O)(=O)c3ccc(Cl)cc3)C2)c1. The summed E-state index contributed by atoms with van der Waals surface area (Å²) in [6.07, 6.45) is 1.32. The minimum atomic E-state index is -3.64. The molecule has 0 radical (unpaired) electrons. The second-order valence-electron chi connectivity index (χ2n) is 6.96. The van der Waals surface area contributed by atoms with Crippen LogP contribution in [-0.2, 0) is 14.8 Å². The van der Waals surface area contributed by atoms with Crippen LogP contribution in [0.4, 0.5) is 5.69 Å². The normalized spacial score (nSPS) is 18.3. The number of benzene rings is 2. The van der Waals surface area contributed by atoms with Crippen molar-refractivity contribution in [2.45, 2.75) is 31.6 Å². The van der Waals surface area contributed by atoms with Crippen molar-refractivity contribution in [1.82, 2.24) is 4.31 Å². The summed E-state index contributed by atoms with van der Waals surface area (Å²) in [5.74, 6) is -0.513. The summed E-state index contributed by atoms with van der Waals surface area (Å²) in [5.41, 5.74) is 2.82. The van der Waals surface area contributed by atoms with E-state index in [0.717, 1.165) is 16.8 Å². The van der Waals surface area contributed by atoms with Crippen molar-refractivity contribution < 1.29 is 13.2 Å². The number of piperidine rings is 1. The number of carbonyl (C=O) groups is 1. The number of nitrogens with one attached hydrogen (secondary N) is 1. The van der Waals surface area contributed by atoms with Crippen molar-refractivity contribution in [3.8, 4) is 0 Å². The summed E-state index contributed by atoms with van der Waals surface area (Å²) < 4.78 is 27.1. The highest BCUT2D eigenvalue weighted by atomic mass is 35.5. The molecular weight excluding hydrogens is 384 g/mol. The Hall–Kier alpha value is -1.89. The molecule has 0 bridgehead atoms. The van der Waals surface area contributed by atoms with Gasteiger partial charge in [0, 0.05) is 23.8 Å². The maximum absolute atomic E-state index is 12.9. The van der Waals surface area contributed by atoms with Gasteiger partial charge < -0.3 is 5.32 Å². The summed E-state index contributed by atoms with van der Waals surface area (Å²) in [7, 11) is -3.64. The van der Waals surface area contributed by atoms with Gasteiger partial charge in [-0.3, -0.25) is 4.79 Å². The van der Waals surface area contributed by atoms with E-state index in [1.165, 1.54) is 16.4 Å². The van der Waals surface area contributed by atoms with Gasteiger partial charge in [0.05, 0.1) is 10.8 Å². The van der Waals surface area contributed by atoms with Gasteiger partial charge >= 0.3 is 0 Å². The van der Waals surface area contributed by atoms with Gasteiger partial charge in [-0.05, 0) is 68.1 Å². The van der Waals surface area contributed by atoms with E-state index in [0.29, 0.717) is 24.4 Å². The van der Waals surface area contributed by atoms with Gasteiger partial charge in [0.1, 0.15) is 0 Å². The average Bonchev–Trinajstić information content (AvgIpc) is 2.65. The lowest BCUT2D eigenvalue weighted by Crippen LogP contribution is -2.43. The van der Waals surface area contributed by atoms with E-state index < -0.39 is 10.0 Å². The van der Waals surface area contributed by atoms with Gasteiger partial charge in [-0.15, -0.1) is 0 Å². The van der Waals surface area contributed by atoms with Crippen molar-refractivity contribution >= 4 is 33.2 Å². The molecule has 3 rings (SSSR count). The third-order valence-electron chi connectivity index (χ3n) is 4.86. The molecule has 144 valence electrons. The minimum absolute atomic E-state index is 0.139. The summed E-state index contributed by atoms with van der Waals surface area (Å²) in [6.45, 7) is 4.50. The summed E-state index contributed by atoms with van der Waals surface area (Å²) >= 11 is 5.85. The molecule has 1 amide bonds. The van der Waals surface area contributed by atoms with Crippen molar-refractivity contribution in [2.24, 2.45) is 5.92 Å². The summed E-state index contributed by atoms with van der Waals surface area (Å²) in [5, 5.41) is 3.45. The minimum Gasteiger partial charge on any atom is -0.326 e. The zero-order chi connectivity index (χ0) is 19.6. The van der Waals surface area contributed by atoms with E-state index >= 15 is 0 Å². The first-order chi connectivity index (χ1) is 12.8. The zero-order valence-electron chi connectivity index (χ0n) is 15.4. The van der Waals surface area contributed by atoms with Crippen LogP contribution in [0.25, 0.3) is 0 Å². The topological polar surface area (TPSA) is 66.5 Å². The Bertz CT molecular complexity index is 942. The van der Waals surface area contributed by atoms with Crippen molar-refractivity contribution in [2.75, 3.05) is 18.4 Å². The molecule has 2 aromatic carbocycles. The Kier molecular flexibility index (Phi) is 5.89. The smallest absolute Gasteiger partial charge is 0.243 e. The van der Waals surface area contributed by atoms with Crippen LogP contribution in [0.5, 0.6) is 0 Å². The fourth-order valence-electron chi connectivity index (χ4n) is 3.24. The fraction of sp³-hybridized carbons (Fsp3) is 0.350. The van der Waals surface area contributed by atoms with E-state index in [-0.39, 0.29) is 23.3 Å². The standard InChI is InChI=1S/C20H23ClN2O3S/c1-14-5-6-15(2)19(12-14)22-20(24)16-4-3-11-23(13-16)27(25,26)18-9-7-17(21)8-10-18/h5-10,12,16H,3-4,11,13H2,1-2H3,(H,22,24)/t16-/m1/s1. The summed E-state index contributed by atoms with van der Waals surface area (Å²) in [6, 6.07) is 12.0. The monoisotopic (exact) mass is 406 g/mol. The van der Waals surface area contributed by atoms with Gasteiger partial charge in [-0.25, -0.2) is 8.42 Å². The first-order valence-electron chi connectivity index (χ1n) is 8.91. The maximum Gasteiger partial charge on any atom is 0.243 e. The maximum atomic E-state index is 12.9. The number of rotatable bonds is 4. The second kappa shape index (κ2) is 8.00. The molecule has 0 aliphatic carbocycles. The lowest BCUT2D eigenvalue weighted by molar-refractivity contribution is -0.120. The van der Waals surface area contributed by atoms with E-state index in [9.17, 15) is 13.2 Å². The molecule has 1 aliphatic heterocycles. The molecule has 1 heterocycles. The highest BCUT2D eigenvalue weighted by Crippen LogP contribution is 2.26. The van der Waals surface area contributed by atoms with Gasteiger partial charge in [-0.1, -0.05) is 23.7 Å². The van der Waals surface area contributed by atoms with Crippen LogP contribution in [0.1, 0.15) is 24.0 Å². The first-order valence-corrected chi connectivity index (χ1v) is 10.7. The number of hydrogen-bond acceptors (Lipinski definition) is 3. The van der Waals surface area contributed by atoms with Gasteiger partial charge in [-0.2, -0.15) is 4.31 Å². The Labute approximate surface area is 165 Å². The third kappa shape index (κ3) is 4.51. The van der Waals surface area contributed by atoms with Crippen LogP contribution in [0.15, 0.2) is 47.4 Å². The van der Waals surface area contributed by atoms with Crippen molar-refractivity contribution in [3.63, 3.8) is 0 Å². The van der Waals surface area contributed by atoms with E-state index in [4.69, 9.17) is 11.6 Å². The molecule has 2 aromatic rings. The third-order valence-corrected chi connectivity index (χ3v) is 6.99. The van der Waals surface area contributed by atoms with Crippen LogP contribution < -0.4 is 5.32 Å². The molecule has 1 fully saturated rings. The van der Waals surface area contributed by atoms with Gasteiger partial charge in [0.15, 0.2) is 0 Å². The van der Waals surface area contributed by atoms with Crippen LogP contribution in [0.2, 0.25) is 5.02 Å².